The van der Waals surface area contributed by atoms with Crippen molar-refractivity contribution >= 4 is 40.3 Å². The van der Waals surface area contributed by atoms with Gasteiger partial charge in [-0.05, 0) is 35.9 Å². The van der Waals surface area contributed by atoms with Crippen molar-refractivity contribution < 1.29 is 23.6 Å². The molecule has 0 atom stereocenters. The number of anilines is 1. The van der Waals surface area contributed by atoms with Gasteiger partial charge >= 0.3 is 0 Å². The van der Waals surface area contributed by atoms with Gasteiger partial charge in [0.05, 0.1) is 17.2 Å². The second kappa shape index (κ2) is 9.69. The van der Waals surface area contributed by atoms with E-state index in [1.54, 1.807) is 6.08 Å². The molecule has 0 aliphatic carbocycles. The van der Waals surface area contributed by atoms with E-state index in [2.05, 4.69) is 4.99 Å². The number of carbonyl (C=O) groups excluding carboxylic acids is 1. The van der Waals surface area contributed by atoms with Gasteiger partial charge in [0.1, 0.15) is 17.3 Å². The fourth-order valence-corrected chi connectivity index (χ4v) is 4.73. The molecule has 3 aromatic rings. The van der Waals surface area contributed by atoms with E-state index in [4.69, 9.17) is 9.47 Å². The molecule has 0 saturated carbocycles. The molecule has 1 amide bonds. The Morgan fingerprint density at radius 1 is 1.14 bits per heavy atom. The first-order valence-corrected chi connectivity index (χ1v) is 11.6. The third-order valence-corrected chi connectivity index (χ3v) is 6.34. The van der Waals surface area contributed by atoms with Crippen molar-refractivity contribution in [3.63, 3.8) is 0 Å². The molecular weight excluding hydrogens is 473 g/mol. The first-order chi connectivity index (χ1) is 17.0. The van der Waals surface area contributed by atoms with Crippen LogP contribution in [0.3, 0.4) is 0 Å². The van der Waals surface area contributed by atoms with Gasteiger partial charge in [-0.3, -0.25) is 19.8 Å². The molecule has 2 aliphatic rings. The van der Waals surface area contributed by atoms with E-state index in [1.807, 2.05) is 30.3 Å². The van der Waals surface area contributed by atoms with Crippen LogP contribution in [0.2, 0.25) is 0 Å². The zero-order valence-electron chi connectivity index (χ0n) is 18.2. The highest BCUT2D eigenvalue weighted by molar-refractivity contribution is 8.13. The number of hydrogen-bond acceptors (Lipinski definition) is 7. The number of hydrogen-bond donors (Lipinski definition) is 0. The minimum atomic E-state index is -0.467. The number of nitro groups is 1. The number of nitro benzene ring substituents is 1. The highest BCUT2D eigenvalue weighted by Gasteiger charge is 2.32. The first kappa shape index (κ1) is 22.8. The summed E-state index contributed by atoms with van der Waals surface area (Å²) < 4.78 is 24.4. The van der Waals surface area contributed by atoms with E-state index in [0.29, 0.717) is 27.7 Å². The van der Waals surface area contributed by atoms with Crippen molar-refractivity contribution in [2.75, 3.05) is 11.7 Å². The molecule has 0 radical (unpaired) electrons. The monoisotopic (exact) mass is 491 g/mol. The van der Waals surface area contributed by atoms with Crippen LogP contribution in [0.5, 0.6) is 5.75 Å². The zero-order valence-corrected chi connectivity index (χ0v) is 19.0. The summed E-state index contributed by atoms with van der Waals surface area (Å²) in [5.41, 5.74) is 2.62. The molecule has 2 aliphatic heterocycles. The number of fused-ring (bicyclic) bond motifs is 1. The Hall–Kier alpha value is -4.02. The van der Waals surface area contributed by atoms with Crippen LogP contribution in [-0.4, -0.2) is 22.8 Å². The Morgan fingerprint density at radius 2 is 1.91 bits per heavy atom. The predicted octanol–water partition coefficient (Wildman–Crippen LogP) is 5.28. The standard InChI is InChI=1S/C25H18FN3O5S/c26-19-6-8-20(9-7-19)28-24(30)22(10-16-4-2-1-3-5-16)27-25(28)35-14-18-12-21(29(31)32)11-17-13-33-15-34-23(17)18/h1-12H,13-15H2/b22-10-. The van der Waals surface area contributed by atoms with E-state index in [-0.39, 0.29) is 36.4 Å². The Morgan fingerprint density at radius 3 is 2.66 bits per heavy atom. The van der Waals surface area contributed by atoms with Gasteiger partial charge < -0.3 is 9.47 Å². The fourth-order valence-electron chi connectivity index (χ4n) is 3.75. The number of thioether (sulfide) groups is 1. The number of carbonyl (C=O) groups is 1. The van der Waals surface area contributed by atoms with Crippen molar-refractivity contribution in [1.82, 2.24) is 0 Å². The van der Waals surface area contributed by atoms with Gasteiger partial charge in [-0.25, -0.2) is 9.38 Å². The van der Waals surface area contributed by atoms with Crippen LogP contribution in [0.4, 0.5) is 15.8 Å². The maximum atomic E-state index is 13.5. The molecule has 3 aromatic carbocycles. The summed E-state index contributed by atoms with van der Waals surface area (Å²) in [5, 5.41) is 11.8. The Bertz CT molecular complexity index is 1360. The number of amidine groups is 1. The predicted molar refractivity (Wildman–Crippen MR) is 130 cm³/mol. The van der Waals surface area contributed by atoms with Crippen LogP contribution in [0.25, 0.3) is 6.08 Å². The molecule has 176 valence electrons. The molecule has 0 aromatic heterocycles. The Kier molecular flexibility index (Phi) is 6.30. The third-order valence-electron chi connectivity index (χ3n) is 5.36. The van der Waals surface area contributed by atoms with Crippen molar-refractivity contribution in [3.05, 3.63) is 105 Å². The van der Waals surface area contributed by atoms with Crippen molar-refractivity contribution in [2.24, 2.45) is 4.99 Å². The van der Waals surface area contributed by atoms with Crippen LogP contribution < -0.4 is 9.64 Å². The van der Waals surface area contributed by atoms with Crippen LogP contribution >= 0.6 is 11.8 Å². The fraction of sp³-hybridized carbons (Fsp3) is 0.120. The highest BCUT2D eigenvalue weighted by atomic mass is 32.2. The quantitative estimate of drug-likeness (QED) is 0.274. The molecule has 5 rings (SSSR count). The number of ether oxygens (including phenoxy) is 2. The largest absolute Gasteiger partial charge is 0.467 e. The summed E-state index contributed by atoms with van der Waals surface area (Å²) in [6.07, 6.45) is 1.68. The van der Waals surface area contributed by atoms with Crippen LogP contribution in [0.15, 0.2) is 77.4 Å². The molecular formula is C25H18FN3O5S. The van der Waals surface area contributed by atoms with Gasteiger partial charge in [-0.1, -0.05) is 42.1 Å². The number of rotatable bonds is 5. The Balaban J connectivity index is 1.50. The second-order valence-electron chi connectivity index (χ2n) is 7.70. The first-order valence-electron chi connectivity index (χ1n) is 10.6. The summed E-state index contributed by atoms with van der Waals surface area (Å²) in [5.74, 6) is 0.0161. The topological polar surface area (TPSA) is 94.3 Å². The van der Waals surface area contributed by atoms with E-state index < -0.39 is 10.7 Å². The zero-order chi connectivity index (χ0) is 24.4. The normalized spacial score (nSPS) is 16.1. The van der Waals surface area contributed by atoms with Crippen LogP contribution in [0, 0.1) is 15.9 Å². The molecule has 0 spiro atoms. The van der Waals surface area contributed by atoms with Gasteiger partial charge in [0.2, 0.25) is 0 Å². The lowest BCUT2D eigenvalue weighted by atomic mass is 10.1. The lowest BCUT2D eigenvalue weighted by Crippen LogP contribution is -2.30. The molecule has 8 nitrogen and oxygen atoms in total. The van der Waals surface area contributed by atoms with Gasteiger partial charge in [0.25, 0.3) is 11.6 Å². The summed E-state index contributed by atoms with van der Waals surface area (Å²) in [6.45, 7) is 0.257. The molecule has 0 saturated heterocycles. The molecule has 0 fully saturated rings. The van der Waals surface area contributed by atoms with Crippen LogP contribution in [0.1, 0.15) is 16.7 Å². The minimum Gasteiger partial charge on any atom is -0.467 e. The van der Waals surface area contributed by atoms with Gasteiger partial charge in [0, 0.05) is 29.0 Å². The van der Waals surface area contributed by atoms with E-state index in [0.717, 1.165) is 5.56 Å². The summed E-state index contributed by atoms with van der Waals surface area (Å²) in [7, 11) is 0. The molecule has 10 heteroatoms. The number of non-ortho nitro benzene ring substituents is 1. The summed E-state index contributed by atoms with van der Waals surface area (Å²) in [6, 6.07) is 17.8. The SMILES string of the molecule is O=C1/C(=C/c2ccccc2)N=C(SCc2cc([N+](=O)[O-])cc3c2OCOC3)N1c1ccc(F)cc1. The molecule has 0 unspecified atom stereocenters. The molecule has 0 N–H and O–H groups in total. The molecule has 0 bridgehead atoms. The molecule has 35 heavy (non-hydrogen) atoms. The maximum absolute atomic E-state index is 13.5. The Labute approximate surface area is 203 Å². The number of benzene rings is 3. The lowest BCUT2D eigenvalue weighted by Gasteiger charge is -2.21. The third kappa shape index (κ3) is 4.79. The summed E-state index contributed by atoms with van der Waals surface area (Å²) >= 11 is 1.23. The summed E-state index contributed by atoms with van der Waals surface area (Å²) in [4.78, 5) is 30.2. The number of aliphatic imine (C=N–C) groups is 1. The maximum Gasteiger partial charge on any atom is 0.283 e. The van der Waals surface area contributed by atoms with E-state index in [9.17, 15) is 19.3 Å². The van der Waals surface area contributed by atoms with E-state index >= 15 is 0 Å². The van der Waals surface area contributed by atoms with Gasteiger partial charge in [-0.15, -0.1) is 0 Å². The van der Waals surface area contributed by atoms with Crippen LogP contribution in [-0.2, 0) is 21.9 Å². The second-order valence-corrected chi connectivity index (χ2v) is 8.64. The number of amides is 1. The average molecular weight is 492 g/mol. The smallest absolute Gasteiger partial charge is 0.283 e. The van der Waals surface area contributed by atoms with Crippen molar-refractivity contribution in [1.29, 1.82) is 0 Å². The number of nitrogens with zero attached hydrogens (tertiary/aromatic N) is 3. The van der Waals surface area contributed by atoms with Gasteiger partial charge in [-0.2, -0.15) is 0 Å². The van der Waals surface area contributed by atoms with Crippen molar-refractivity contribution in [3.8, 4) is 5.75 Å². The number of halogens is 1. The molecule has 2 heterocycles. The van der Waals surface area contributed by atoms with E-state index in [1.165, 1.54) is 53.1 Å². The lowest BCUT2D eigenvalue weighted by molar-refractivity contribution is -0.385. The minimum absolute atomic E-state index is 0.0492. The highest BCUT2D eigenvalue weighted by Crippen LogP contribution is 2.37. The van der Waals surface area contributed by atoms with Gasteiger partial charge in [0.15, 0.2) is 12.0 Å². The average Bonchev–Trinajstić information content (AvgIpc) is 3.18. The van der Waals surface area contributed by atoms with Crippen molar-refractivity contribution in [2.45, 2.75) is 12.4 Å².